The fraction of sp³-hybridized carbons (Fsp3) is 0.333. The minimum Gasteiger partial charge on any atom is -0.493 e. The van der Waals surface area contributed by atoms with E-state index in [9.17, 15) is 9.59 Å². The molecule has 0 saturated carbocycles. The van der Waals surface area contributed by atoms with Crippen LogP contribution < -0.4 is 24.8 Å². The second kappa shape index (κ2) is 9.56. The molecule has 1 aliphatic heterocycles. The molecule has 2 N–H and O–H groups in total. The minimum absolute atomic E-state index is 0.0689. The van der Waals surface area contributed by atoms with Crippen molar-refractivity contribution in [1.82, 2.24) is 0 Å². The normalized spacial score (nSPS) is 15.6. The number of benzene rings is 2. The molecule has 1 heterocycles. The average Bonchev–Trinajstić information content (AvgIpc) is 2.89. The SMILES string of the molecule is COc1cc(NC(=O)CS[C@@H]2CCc3ccccc3NC2=O)cc(OC)c1OC. The zero-order valence-corrected chi connectivity index (χ0v) is 17.4. The molecule has 8 heteroatoms. The Hall–Kier alpha value is -2.87. The van der Waals surface area contributed by atoms with Crippen LogP contribution >= 0.6 is 11.8 Å². The van der Waals surface area contributed by atoms with Gasteiger partial charge in [0.15, 0.2) is 11.5 Å². The number of carbonyl (C=O) groups is 2. The van der Waals surface area contributed by atoms with Crippen molar-refractivity contribution >= 4 is 35.0 Å². The summed E-state index contributed by atoms with van der Waals surface area (Å²) < 4.78 is 15.9. The van der Waals surface area contributed by atoms with Crippen LogP contribution in [0.3, 0.4) is 0 Å². The highest BCUT2D eigenvalue weighted by Gasteiger charge is 2.24. The summed E-state index contributed by atoms with van der Waals surface area (Å²) in [4.78, 5) is 24.9. The number of nitrogens with one attached hydrogen (secondary N) is 2. The van der Waals surface area contributed by atoms with Crippen molar-refractivity contribution in [2.24, 2.45) is 0 Å². The highest BCUT2D eigenvalue weighted by atomic mass is 32.2. The van der Waals surface area contributed by atoms with Gasteiger partial charge in [0.25, 0.3) is 0 Å². The first-order valence-electron chi connectivity index (χ1n) is 9.16. The number of methoxy groups -OCH3 is 3. The lowest BCUT2D eigenvalue weighted by atomic mass is 10.1. The smallest absolute Gasteiger partial charge is 0.237 e. The summed E-state index contributed by atoms with van der Waals surface area (Å²) in [7, 11) is 4.55. The van der Waals surface area contributed by atoms with Gasteiger partial charge < -0.3 is 24.8 Å². The van der Waals surface area contributed by atoms with Crippen LogP contribution in [0.5, 0.6) is 17.2 Å². The second-order valence-corrected chi connectivity index (χ2v) is 7.64. The third-order valence-corrected chi connectivity index (χ3v) is 5.89. The van der Waals surface area contributed by atoms with Crippen molar-refractivity contribution in [3.63, 3.8) is 0 Å². The Labute approximate surface area is 174 Å². The number of carbonyl (C=O) groups excluding carboxylic acids is 2. The fourth-order valence-corrected chi connectivity index (χ4v) is 4.10. The number of fused-ring (bicyclic) bond motifs is 1. The summed E-state index contributed by atoms with van der Waals surface area (Å²) in [5.74, 6) is 1.24. The van der Waals surface area contributed by atoms with Crippen molar-refractivity contribution in [3.05, 3.63) is 42.0 Å². The molecule has 7 nitrogen and oxygen atoms in total. The maximum absolute atomic E-state index is 12.5. The number of rotatable bonds is 7. The first-order chi connectivity index (χ1) is 14.0. The first kappa shape index (κ1) is 20.9. The van der Waals surface area contributed by atoms with Gasteiger partial charge in [-0.2, -0.15) is 0 Å². The van der Waals surface area contributed by atoms with Gasteiger partial charge in [-0.15, -0.1) is 11.8 Å². The van der Waals surface area contributed by atoms with Crippen molar-refractivity contribution in [1.29, 1.82) is 0 Å². The average molecular weight is 416 g/mol. The molecule has 0 radical (unpaired) electrons. The number of hydrogen-bond donors (Lipinski definition) is 2. The summed E-state index contributed by atoms with van der Waals surface area (Å²) in [6.45, 7) is 0. The molecular weight excluding hydrogens is 392 g/mol. The lowest BCUT2D eigenvalue weighted by molar-refractivity contribution is -0.115. The van der Waals surface area contributed by atoms with E-state index in [2.05, 4.69) is 10.6 Å². The summed E-state index contributed by atoms with van der Waals surface area (Å²) in [6, 6.07) is 11.1. The lowest BCUT2D eigenvalue weighted by Gasteiger charge is -2.15. The van der Waals surface area contributed by atoms with Gasteiger partial charge in [0.1, 0.15) is 0 Å². The Morgan fingerprint density at radius 2 is 1.83 bits per heavy atom. The third-order valence-electron chi connectivity index (χ3n) is 4.61. The van der Waals surface area contributed by atoms with Crippen molar-refractivity contribution in [3.8, 4) is 17.2 Å². The van der Waals surface area contributed by atoms with Gasteiger partial charge in [0.05, 0.1) is 32.3 Å². The van der Waals surface area contributed by atoms with Crippen LogP contribution in [0.1, 0.15) is 12.0 Å². The van der Waals surface area contributed by atoms with Gasteiger partial charge in [-0.1, -0.05) is 18.2 Å². The van der Waals surface area contributed by atoms with Crippen LogP contribution in [0.2, 0.25) is 0 Å². The molecule has 2 amide bonds. The highest BCUT2D eigenvalue weighted by Crippen LogP contribution is 2.40. The molecule has 2 aromatic carbocycles. The zero-order chi connectivity index (χ0) is 20.8. The predicted molar refractivity (Wildman–Crippen MR) is 114 cm³/mol. The van der Waals surface area contributed by atoms with Gasteiger partial charge in [0, 0.05) is 23.5 Å². The molecule has 2 aromatic rings. The van der Waals surface area contributed by atoms with Gasteiger partial charge in [-0.05, 0) is 24.5 Å². The Balaban J connectivity index is 1.61. The van der Waals surface area contributed by atoms with Crippen LogP contribution in [0.25, 0.3) is 0 Å². The Morgan fingerprint density at radius 1 is 1.14 bits per heavy atom. The van der Waals surface area contributed by atoms with Crippen molar-refractivity contribution < 1.29 is 23.8 Å². The quantitative estimate of drug-likeness (QED) is 0.720. The number of hydrogen-bond acceptors (Lipinski definition) is 6. The molecule has 0 unspecified atom stereocenters. The number of ether oxygens (including phenoxy) is 3. The molecule has 1 atom stereocenters. The van der Waals surface area contributed by atoms with Gasteiger partial charge in [0.2, 0.25) is 17.6 Å². The van der Waals surface area contributed by atoms with Crippen molar-refractivity contribution in [2.75, 3.05) is 37.7 Å². The second-order valence-electron chi connectivity index (χ2n) is 6.45. The van der Waals surface area contributed by atoms with E-state index < -0.39 is 0 Å². The Bertz CT molecular complexity index is 877. The number of para-hydroxylation sites is 1. The molecule has 0 spiro atoms. The minimum atomic E-state index is -0.284. The molecule has 0 aromatic heterocycles. The van der Waals surface area contributed by atoms with E-state index in [0.717, 1.165) is 17.7 Å². The Morgan fingerprint density at radius 3 is 2.48 bits per heavy atom. The predicted octanol–water partition coefficient (Wildman–Crippen LogP) is 3.34. The molecule has 0 bridgehead atoms. The lowest BCUT2D eigenvalue weighted by Crippen LogP contribution is -2.26. The van der Waals surface area contributed by atoms with E-state index in [1.54, 1.807) is 12.1 Å². The topological polar surface area (TPSA) is 85.9 Å². The number of amides is 2. The summed E-state index contributed by atoms with van der Waals surface area (Å²) >= 11 is 1.33. The Kier molecular flexibility index (Phi) is 6.87. The molecule has 0 fully saturated rings. The first-order valence-corrected chi connectivity index (χ1v) is 10.2. The molecule has 154 valence electrons. The number of thioether (sulfide) groups is 1. The van der Waals surface area contributed by atoms with E-state index in [-0.39, 0.29) is 22.8 Å². The molecular formula is C21H24N2O5S. The van der Waals surface area contributed by atoms with E-state index >= 15 is 0 Å². The highest BCUT2D eigenvalue weighted by molar-refractivity contribution is 8.01. The zero-order valence-electron chi connectivity index (χ0n) is 16.6. The molecule has 1 aliphatic rings. The van der Waals surface area contributed by atoms with E-state index in [1.807, 2.05) is 24.3 Å². The van der Waals surface area contributed by atoms with Crippen LogP contribution in [0, 0.1) is 0 Å². The van der Waals surface area contributed by atoms with E-state index in [1.165, 1.54) is 33.1 Å². The molecule has 0 aliphatic carbocycles. The van der Waals surface area contributed by atoms with E-state index in [0.29, 0.717) is 29.4 Å². The maximum Gasteiger partial charge on any atom is 0.237 e. The van der Waals surface area contributed by atoms with Crippen LogP contribution in [-0.2, 0) is 16.0 Å². The summed E-state index contributed by atoms with van der Waals surface area (Å²) in [5, 5.41) is 5.49. The molecule has 3 rings (SSSR count). The van der Waals surface area contributed by atoms with E-state index in [4.69, 9.17) is 14.2 Å². The van der Waals surface area contributed by atoms with Gasteiger partial charge in [-0.3, -0.25) is 9.59 Å². The van der Waals surface area contributed by atoms with Crippen molar-refractivity contribution in [2.45, 2.75) is 18.1 Å². The monoisotopic (exact) mass is 416 g/mol. The maximum atomic E-state index is 12.5. The van der Waals surface area contributed by atoms with Crippen LogP contribution in [0.15, 0.2) is 36.4 Å². The number of aryl methyl sites for hydroxylation is 1. The van der Waals surface area contributed by atoms with Crippen LogP contribution in [0.4, 0.5) is 11.4 Å². The molecule has 29 heavy (non-hydrogen) atoms. The standard InChI is InChI=1S/C21H24N2O5S/c1-26-16-10-14(11-17(27-2)20(16)28-3)22-19(24)12-29-18-9-8-13-6-4-5-7-15(13)23-21(18)25/h4-7,10-11,18H,8-9,12H2,1-3H3,(H,22,24)(H,23,25)/t18-/m1/s1. The van der Waals surface area contributed by atoms with Crippen LogP contribution in [-0.4, -0.2) is 44.1 Å². The molecule has 0 saturated heterocycles. The van der Waals surface area contributed by atoms with Gasteiger partial charge in [-0.25, -0.2) is 0 Å². The fourth-order valence-electron chi connectivity index (χ4n) is 3.18. The summed E-state index contributed by atoms with van der Waals surface area (Å²) in [5.41, 5.74) is 2.50. The van der Waals surface area contributed by atoms with Gasteiger partial charge >= 0.3 is 0 Å². The largest absolute Gasteiger partial charge is 0.493 e. The third kappa shape index (κ3) is 4.95. The summed E-state index contributed by atoms with van der Waals surface area (Å²) in [6.07, 6.45) is 1.48. The number of anilines is 2.